The second kappa shape index (κ2) is 6.62. The van der Waals surface area contributed by atoms with Crippen LogP contribution in [0.2, 0.25) is 15.1 Å². The van der Waals surface area contributed by atoms with Crippen molar-refractivity contribution >= 4 is 34.8 Å². The van der Waals surface area contributed by atoms with E-state index >= 15 is 0 Å². The van der Waals surface area contributed by atoms with Crippen molar-refractivity contribution in [3.63, 3.8) is 0 Å². The van der Waals surface area contributed by atoms with Gasteiger partial charge in [-0.1, -0.05) is 59.1 Å². The van der Waals surface area contributed by atoms with Gasteiger partial charge in [-0.15, -0.1) is 0 Å². The largest absolute Gasteiger partial charge is 0.392 e. The highest BCUT2D eigenvalue weighted by Crippen LogP contribution is 2.27. The summed E-state index contributed by atoms with van der Waals surface area (Å²) in [5, 5.41) is 11.8. The molecule has 0 aliphatic heterocycles. The Hall–Kier alpha value is -0.730. The normalized spacial score (nSPS) is 12.4. The molecule has 0 aromatic heterocycles. The minimum atomic E-state index is -0.519. The molecule has 2 rings (SSSR count). The molecule has 0 spiro atoms. The first-order valence-corrected chi connectivity index (χ1v) is 7.05. The summed E-state index contributed by atoms with van der Waals surface area (Å²) in [6.07, 6.45) is 0.476. The van der Waals surface area contributed by atoms with Crippen molar-refractivity contribution in [1.29, 1.82) is 0 Å². The quantitative estimate of drug-likeness (QED) is 0.860. The fraction of sp³-hybridized carbons (Fsp3) is 0.200. The van der Waals surface area contributed by atoms with Gasteiger partial charge in [0.15, 0.2) is 0 Å². The van der Waals surface area contributed by atoms with Crippen LogP contribution in [0.15, 0.2) is 42.5 Å². The molecule has 0 heterocycles. The molecule has 0 aliphatic carbocycles. The number of benzene rings is 2. The highest BCUT2D eigenvalue weighted by atomic mass is 35.5. The molecule has 0 saturated heterocycles. The maximum atomic E-state index is 10.1. The van der Waals surface area contributed by atoms with Gasteiger partial charge in [-0.2, -0.15) is 0 Å². The van der Waals surface area contributed by atoms with E-state index in [4.69, 9.17) is 34.8 Å². The number of halogens is 3. The van der Waals surface area contributed by atoms with Crippen molar-refractivity contribution in [2.75, 3.05) is 0 Å². The molecule has 0 amide bonds. The van der Waals surface area contributed by atoms with Gasteiger partial charge in [0.05, 0.1) is 16.1 Å². The minimum Gasteiger partial charge on any atom is -0.392 e. The lowest BCUT2D eigenvalue weighted by Crippen LogP contribution is -2.14. The topological polar surface area (TPSA) is 20.2 Å². The Kier molecular flexibility index (Phi) is 5.12. The molecular weight excluding hydrogens is 303 g/mol. The van der Waals surface area contributed by atoms with Crippen LogP contribution in [0.5, 0.6) is 0 Å². The number of aliphatic hydroxyl groups excluding tert-OH is 1. The zero-order chi connectivity index (χ0) is 13.8. The molecular formula is C15H13Cl3O. The molecule has 2 aromatic carbocycles. The maximum absolute atomic E-state index is 10.1. The number of rotatable bonds is 4. The lowest BCUT2D eigenvalue weighted by atomic mass is 10.0. The van der Waals surface area contributed by atoms with Crippen LogP contribution in [0, 0.1) is 0 Å². The van der Waals surface area contributed by atoms with Crippen LogP contribution in [-0.4, -0.2) is 11.2 Å². The average molecular weight is 316 g/mol. The summed E-state index contributed by atoms with van der Waals surface area (Å²) in [6, 6.07) is 12.9. The van der Waals surface area contributed by atoms with E-state index in [-0.39, 0.29) is 0 Å². The van der Waals surface area contributed by atoms with Gasteiger partial charge in [-0.25, -0.2) is 0 Å². The van der Waals surface area contributed by atoms with E-state index in [2.05, 4.69) is 0 Å². The predicted molar refractivity (Wildman–Crippen MR) is 81.3 cm³/mol. The Morgan fingerprint density at radius 3 is 2.42 bits per heavy atom. The van der Waals surface area contributed by atoms with Gasteiger partial charge in [0.1, 0.15) is 0 Å². The van der Waals surface area contributed by atoms with Crippen molar-refractivity contribution in [1.82, 2.24) is 0 Å². The zero-order valence-electron chi connectivity index (χ0n) is 10.1. The summed E-state index contributed by atoms with van der Waals surface area (Å²) >= 11 is 18.0. The van der Waals surface area contributed by atoms with Crippen molar-refractivity contribution < 1.29 is 5.11 Å². The van der Waals surface area contributed by atoms with Gasteiger partial charge in [0, 0.05) is 11.4 Å². The number of hydrogen-bond donors (Lipinski definition) is 1. The standard InChI is InChI=1S/C15H13Cl3O/c16-12-5-1-3-10(7-12)8-13(19)9-11-4-2-6-14(17)15(11)18/h1-7,13,19H,8-9H2. The highest BCUT2D eigenvalue weighted by molar-refractivity contribution is 6.42. The Morgan fingerprint density at radius 1 is 0.947 bits per heavy atom. The Bertz CT molecular complexity index is 569. The van der Waals surface area contributed by atoms with Gasteiger partial charge in [-0.05, 0) is 35.7 Å². The van der Waals surface area contributed by atoms with E-state index in [0.29, 0.717) is 27.9 Å². The first-order chi connectivity index (χ1) is 9.06. The summed E-state index contributed by atoms with van der Waals surface area (Å²) in [5.74, 6) is 0. The fourth-order valence-electron chi connectivity index (χ4n) is 1.97. The molecule has 0 aliphatic rings. The SMILES string of the molecule is OC(Cc1cccc(Cl)c1)Cc1cccc(Cl)c1Cl. The summed E-state index contributed by atoms with van der Waals surface area (Å²) in [4.78, 5) is 0. The second-order valence-electron chi connectivity index (χ2n) is 4.40. The molecule has 100 valence electrons. The van der Waals surface area contributed by atoms with Gasteiger partial charge in [0.25, 0.3) is 0 Å². The van der Waals surface area contributed by atoms with Gasteiger partial charge in [-0.3, -0.25) is 0 Å². The van der Waals surface area contributed by atoms with Crippen LogP contribution in [0.4, 0.5) is 0 Å². The maximum Gasteiger partial charge on any atom is 0.0625 e. The van der Waals surface area contributed by atoms with Crippen molar-refractivity contribution in [3.05, 3.63) is 68.7 Å². The third kappa shape index (κ3) is 4.12. The second-order valence-corrected chi connectivity index (χ2v) is 5.63. The minimum absolute atomic E-state index is 0.464. The molecule has 0 fully saturated rings. The lowest BCUT2D eigenvalue weighted by Gasteiger charge is -2.12. The Labute approximate surface area is 127 Å². The first-order valence-electron chi connectivity index (χ1n) is 5.91. The van der Waals surface area contributed by atoms with Crippen LogP contribution in [0.1, 0.15) is 11.1 Å². The average Bonchev–Trinajstić information content (AvgIpc) is 2.35. The fourth-order valence-corrected chi connectivity index (χ4v) is 2.58. The smallest absolute Gasteiger partial charge is 0.0625 e. The number of aliphatic hydroxyl groups is 1. The van der Waals surface area contributed by atoms with Crippen LogP contribution in [0.3, 0.4) is 0 Å². The predicted octanol–water partition coefficient (Wildman–Crippen LogP) is 4.79. The molecule has 1 atom stereocenters. The van der Waals surface area contributed by atoms with E-state index < -0.39 is 6.10 Å². The highest BCUT2D eigenvalue weighted by Gasteiger charge is 2.11. The van der Waals surface area contributed by atoms with Gasteiger partial charge >= 0.3 is 0 Å². The van der Waals surface area contributed by atoms with Crippen molar-refractivity contribution in [2.24, 2.45) is 0 Å². The molecule has 2 aromatic rings. The Morgan fingerprint density at radius 2 is 1.68 bits per heavy atom. The zero-order valence-corrected chi connectivity index (χ0v) is 12.4. The van der Waals surface area contributed by atoms with Crippen LogP contribution in [-0.2, 0) is 12.8 Å². The van der Waals surface area contributed by atoms with Gasteiger partial charge in [0.2, 0.25) is 0 Å². The summed E-state index contributed by atoms with van der Waals surface area (Å²) in [7, 11) is 0. The number of hydrogen-bond acceptors (Lipinski definition) is 1. The molecule has 1 N–H and O–H groups in total. The van der Waals surface area contributed by atoms with Crippen molar-refractivity contribution in [3.8, 4) is 0 Å². The van der Waals surface area contributed by atoms with Crippen molar-refractivity contribution in [2.45, 2.75) is 18.9 Å². The lowest BCUT2D eigenvalue weighted by molar-refractivity contribution is 0.175. The molecule has 0 saturated carbocycles. The molecule has 19 heavy (non-hydrogen) atoms. The third-order valence-corrected chi connectivity index (χ3v) is 3.94. The third-order valence-electron chi connectivity index (χ3n) is 2.85. The van der Waals surface area contributed by atoms with Gasteiger partial charge < -0.3 is 5.11 Å². The molecule has 1 nitrogen and oxygen atoms in total. The van der Waals surface area contributed by atoms with E-state index in [1.54, 1.807) is 6.07 Å². The van der Waals surface area contributed by atoms with E-state index in [1.807, 2.05) is 36.4 Å². The van der Waals surface area contributed by atoms with Crippen LogP contribution in [0.25, 0.3) is 0 Å². The molecule has 4 heteroatoms. The first kappa shape index (κ1) is 14.7. The monoisotopic (exact) mass is 314 g/mol. The van der Waals surface area contributed by atoms with E-state index in [1.165, 1.54) is 0 Å². The van der Waals surface area contributed by atoms with Crippen LogP contribution >= 0.6 is 34.8 Å². The summed E-state index contributed by atoms with van der Waals surface area (Å²) in [6.45, 7) is 0. The summed E-state index contributed by atoms with van der Waals surface area (Å²) in [5.41, 5.74) is 1.85. The van der Waals surface area contributed by atoms with E-state index in [9.17, 15) is 5.11 Å². The van der Waals surface area contributed by atoms with E-state index in [0.717, 1.165) is 11.1 Å². The van der Waals surface area contributed by atoms with Crippen LogP contribution < -0.4 is 0 Å². The molecule has 0 bridgehead atoms. The molecule has 1 unspecified atom stereocenters. The summed E-state index contributed by atoms with van der Waals surface area (Å²) < 4.78 is 0. The molecule has 0 radical (unpaired) electrons. The Balaban J connectivity index is 2.05.